The maximum Gasteiger partial charge on any atom is 0.282 e. The maximum atomic E-state index is 13.3. The summed E-state index contributed by atoms with van der Waals surface area (Å²) < 4.78 is 14.3. The lowest BCUT2D eigenvalue weighted by molar-refractivity contribution is 0.230. The molecule has 0 amide bonds. The molecule has 8 heteroatoms. The van der Waals surface area contributed by atoms with Crippen LogP contribution in [-0.4, -0.2) is 29.1 Å². The predicted molar refractivity (Wildman–Crippen MR) is 132 cm³/mol. The van der Waals surface area contributed by atoms with Crippen LogP contribution in [0.1, 0.15) is 51.4 Å². The fraction of sp³-hybridized carbons (Fsp3) is 0.348. The van der Waals surface area contributed by atoms with E-state index in [-0.39, 0.29) is 17.6 Å². The smallest absolute Gasteiger partial charge is 0.282 e. The van der Waals surface area contributed by atoms with E-state index in [1.807, 2.05) is 45.0 Å². The second kappa shape index (κ2) is 9.96. The first-order valence-corrected chi connectivity index (χ1v) is 11.6. The van der Waals surface area contributed by atoms with Gasteiger partial charge in [0.1, 0.15) is 5.82 Å². The Labute approximate surface area is 198 Å². The van der Waals surface area contributed by atoms with E-state index in [1.54, 1.807) is 19.4 Å². The Morgan fingerprint density at radius 1 is 1.16 bits per heavy atom. The van der Waals surface area contributed by atoms with Gasteiger partial charge in [-0.25, -0.2) is 4.98 Å². The van der Waals surface area contributed by atoms with Gasteiger partial charge in [-0.05, 0) is 66.5 Å². The number of aromatic nitrogens is 2. The van der Waals surface area contributed by atoms with Crippen LogP contribution < -0.4 is 15.0 Å². The molecule has 164 valence electrons. The lowest BCUT2D eigenvalue weighted by Crippen LogP contribution is -2.23. The van der Waals surface area contributed by atoms with Gasteiger partial charge in [0.05, 0.1) is 30.3 Å². The van der Waals surface area contributed by atoms with Crippen molar-refractivity contribution in [3.05, 3.63) is 61.0 Å². The average molecular weight is 551 g/mol. The lowest BCUT2D eigenvalue weighted by Gasteiger charge is -2.15. The van der Waals surface area contributed by atoms with Crippen molar-refractivity contribution in [2.24, 2.45) is 5.10 Å². The molecule has 1 atom stereocenters. The Morgan fingerprint density at radius 3 is 2.55 bits per heavy atom. The fourth-order valence-corrected chi connectivity index (χ4v) is 3.84. The van der Waals surface area contributed by atoms with Crippen molar-refractivity contribution in [3.8, 4) is 11.5 Å². The van der Waals surface area contributed by atoms with Gasteiger partial charge in [-0.15, -0.1) is 0 Å². The fourth-order valence-electron chi connectivity index (χ4n) is 3.05. The zero-order valence-corrected chi connectivity index (χ0v) is 21.3. The number of fused-ring (bicyclic) bond motifs is 1. The van der Waals surface area contributed by atoms with E-state index in [4.69, 9.17) is 14.5 Å². The molecule has 3 aromatic rings. The molecule has 0 radical (unpaired) electrons. The predicted octanol–water partition coefficient (Wildman–Crippen LogP) is 6.11. The van der Waals surface area contributed by atoms with Gasteiger partial charge in [0.15, 0.2) is 11.5 Å². The number of methoxy groups -OCH3 is 1. The number of benzene rings is 2. The average Bonchev–Trinajstić information content (AvgIpc) is 2.73. The van der Waals surface area contributed by atoms with E-state index in [0.717, 1.165) is 20.9 Å². The molecule has 0 aliphatic rings. The SMILES string of the molecule is CC[C@H](C)c1nc2ccc(Br)cc2c(=O)n1N=Cc1cc(OC)c(OC(C)C)cc1Br. The maximum absolute atomic E-state index is 13.3. The molecule has 0 aliphatic heterocycles. The molecule has 2 aromatic carbocycles. The van der Waals surface area contributed by atoms with Crippen LogP contribution in [0.4, 0.5) is 0 Å². The molecule has 0 unspecified atom stereocenters. The monoisotopic (exact) mass is 549 g/mol. The van der Waals surface area contributed by atoms with Crippen LogP contribution in [0.3, 0.4) is 0 Å². The largest absolute Gasteiger partial charge is 0.493 e. The Morgan fingerprint density at radius 2 is 1.90 bits per heavy atom. The van der Waals surface area contributed by atoms with Crippen molar-refractivity contribution in [1.82, 2.24) is 9.66 Å². The molecule has 31 heavy (non-hydrogen) atoms. The molecule has 0 spiro atoms. The highest BCUT2D eigenvalue weighted by molar-refractivity contribution is 9.10. The van der Waals surface area contributed by atoms with Gasteiger partial charge in [0.25, 0.3) is 5.56 Å². The number of halogens is 2. The van der Waals surface area contributed by atoms with Crippen LogP contribution in [-0.2, 0) is 0 Å². The highest BCUT2D eigenvalue weighted by Crippen LogP contribution is 2.33. The first-order chi connectivity index (χ1) is 14.7. The van der Waals surface area contributed by atoms with Crippen molar-refractivity contribution in [1.29, 1.82) is 0 Å². The lowest BCUT2D eigenvalue weighted by atomic mass is 10.1. The summed E-state index contributed by atoms with van der Waals surface area (Å²) in [5.41, 5.74) is 1.21. The Hall–Kier alpha value is -2.19. The quantitative estimate of drug-likeness (QED) is 0.333. The van der Waals surface area contributed by atoms with Crippen LogP contribution >= 0.6 is 31.9 Å². The highest BCUT2D eigenvalue weighted by atomic mass is 79.9. The summed E-state index contributed by atoms with van der Waals surface area (Å²) in [6.07, 6.45) is 2.48. The van der Waals surface area contributed by atoms with Gasteiger partial charge in [-0.2, -0.15) is 9.78 Å². The van der Waals surface area contributed by atoms with Crippen molar-refractivity contribution >= 4 is 49.0 Å². The molecular weight excluding hydrogens is 526 g/mol. The minimum Gasteiger partial charge on any atom is -0.493 e. The first kappa shape index (κ1) is 23.5. The summed E-state index contributed by atoms with van der Waals surface area (Å²) in [6, 6.07) is 9.16. The third kappa shape index (κ3) is 5.18. The third-order valence-corrected chi connectivity index (χ3v) is 6.02. The molecule has 1 aromatic heterocycles. The molecular formula is C23H25Br2N3O3. The molecule has 0 N–H and O–H groups in total. The van der Waals surface area contributed by atoms with Gasteiger partial charge < -0.3 is 9.47 Å². The van der Waals surface area contributed by atoms with Crippen molar-refractivity contribution in [2.45, 2.75) is 46.1 Å². The summed E-state index contributed by atoms with van der Waals surface area (Å²) in [7, 11) is 1.59. The second-order valence-corrected chi connectivity index (χ2v) is 9.26. The standard InChI is InChI=1S/C23H25Br2N3O3/c1-6-14(4)22-27-19-8-7-16(24)10-17(19)23(29)28(22)26-12-15-9-20(30-5)21(11-18(15)25)31-13(2)3/h7-14H,6H2,1-5H3/t14-/m0/s1. The van der Waals surface area contributed by atoms with Crippen molar-refractivity contribution < 1.29 is 9.47 Å². The van der Waals surface area contributed by atoms with E-state index < -0.39 is 0 Å². The summed E-state index contributed by atoms with van der Waals surface area (Å²) in [6.45, 7) is 8.01. The summed E-state index contributed by atoms with van der Waals surface area (Å²) >= 11 is 7.00. The Balaban J connectivity index is 2.14. The second-order valence-electron chi connectivity index (χ2n) is 7.49. The van der Waals surface area contributed by atoms with Crippen LogP contribution in [0.15, 0.2) is 49.2 Å². The Bertz CT molecular complexity index is 1190. The highest BCUT2D eigenvalue weighted by Gasteiger charge is 2.16. The molecule has 0 saturated heterocycles. The van der Waals surface area contributed by atoms with Crippen LogP contribution in [0, 0.1) is 0 Å². The topological polar surface area (TPSA) is 65.7 Å². The first-order valence-electron chi connectivity index (χ1n) is 10.1. The number of ether oxygens (including phenoxy) is 2. The Kier molecular flexibility index (Phi) is 7.54. The summed E-state index contributed by atoms with van der Waals surface area (Å²) in [5, 5.41) is 5.04. The van der Waals surface area contributed by atoms with Crippen LogP contribution in [0.2, 0.25) is 0 Å². The van der Waals surface area contributed by atoms with Gasteiger partial charge in [-0.3, -0.25) is 4.79 Å². The summed E-state index contributed by atoms with van der Waals surface area (Å²) in [4.78, 5) is 18.0. The normalized spacial score (nSPS) is 12.6. The van der Waals surface area contributed by atoms with Crippen molar-refractivity contribution in [2.75, 3.05) is 7.11 Å². The minimum atomic E-state index is -0.208. The van der Waals surface area contributed by atoms with Crippen LogP contribution in [0.25, 0.3) is 10.9 Å². The molecule has 0 aliphatic carbocycles. The number of rotatable bonds is 7. The van der Waals surface area contributed by atoms with Gasteiger partial charge >= 0.3 is 0 Å². The molecule has 3 rings (SSSR count). The van der Waals surface area contributed by atoms with E-state index in [1.165, 1.54) is 4.68 Å². The van der Waals surface area contributed by atoms with E-state index >= 15 is 0 Å². The van der Waals surface area contributed by atoms with Crippen LogP contribution in [0.5, 0.6) is 11.5 Å². The van der Waals surface area contributed by atoms with E-state index in [2.05, 4.69) is 43.9 Å². The van der Waals surface area contributed by atoms with Crippen molar-refractivity contribution in [3.63, 3.8) is 0 Å². The number of hydrogen-bond acceptors (Lipinski definition) is 5. The number of nitrogens with zero attached hydrogens (tertiary/aromatic N) is 3. The molecule has 0 saturated carbocycles. The van der Waals surface area contributed by atoms with Gasteiger partial charge in [0.2, 0.25) is 0 Å². The molecule has 6 nitrogen and oxygen atoms in total. The minimum absolute atomic E-state index is 0.0139. The van der Waals surface area contributed by atoms with Gasteiger partial charge in [0, 0.05) is 20.4 Å². The summed E-state index contributed by atoms with van der Waals surface area (Å²) in [5.74, 6) is 1.92. The molecule has 0 bridgehead atoms. The zero-order valence-electron chi connectivity index (χ0n) is 18.1. The third-order valence-electron chi connectivity index (χ3n) is 4.84. The zero-order chi connectivity index (χ0) is 22.7. The van der Waals surface area contributed by atoms with Gasteiger partial charge in [-0.1, -0.05) is 29.8 Å². The van der Waals surface area contributed by atoms with E-state index in [9.17, 15) is 4.79 Å². The number of hydrogen-bond donors (Lipinski definition) is 0. The molecule has 0 fully saturated rings. The van der Waals surface area contributed by atoms with E-state index in [0.29, 0.717) is 28.2 Å². The molecule has 1 heterocycles.